The molecule has 1 atom stereocenters. The maximum absolute atomic E-state index is 13.2. The number of aromatic nitrogens is 2. The van der Waals surface area contributed by atoms with Gasteiger partial charge in [0.2, 0.25) is 11.0 Å². The van der Waals surface area contributed by atoms with Gasteiger partial charge in [0.1, 0.15) is 17.7 Å². The first kappa shape index (κ1) is 19.1. The van der Waals surface area contributed by atoms with Crippen LogP contribution in [0, 0.1) is 0 Å². The predicted molar refractivity (Wildman–Crippen MR) is 113 cm³/mol. The van der Waals surface area contributed by atoms with Gasteiger partial charge in [0.05, 0.1) is 5.56 Å². The highest BCUT2D eigenvalue weighted by Gasteiger charge is 2.34. The SMILES string of the molecule is CC(C)c1nnc(NC(=O)CN2C(=O)c3ccccc3NC2c2ccccc2)s1. The van der Waals surface area contributed by atoms with Crippen LogP contribution in [0.25, 0.3) is 0 Å². The van der Waals surface area contributed by atoms with Gasteiger partial charge in [-0.25, -0.2) is 0 Å². The van der Waals surface area contributed by atoms with E-state index in [1.54, 1.807) is 6.07 Å². The molecular weight excluding hydrogens is 386 g/mol. The maximum Gasteiger partial charge on any atom is 0.258 e. The zero-order valence-corrected chi connectivity index (χ0v) is 16.9. The molecule has 0 radical (unpaired) electrons. The lowest BCUT2D eigenvalue weighted by Crippen LogP contribution is -2.46. The summed E-state index contributed by atoms with van der Waals surface area (Å²) in [5.74, 6) is -0.264. The molecule has 0 spiro atoms. The molecule has 1 unspecified atom stereocenters. The highest BCUT2D eigenvalue weighted by molar-refractivity contribution is 7.15. The van der Waals surface area contributed by atoms with E-state index in [9.17, 15) is 9.59 Å². The lowest BCUT2D eigenvalue weighted by atomic mass is 10.0. The lowest BCUT2D eigenvalue weighted by molar-refractivity contribution is -0.117. The first-order valence-electron chi connectivity index (χ1n) is 9.37. The van der Waals surface area contributed by atoms with Gasteiger partial charge >= 0.3 is 0 Å². The number of hydrogen-bond donors (Lipinski definition) is 2. The van der Waals surface area contributed by atoms with E-state index >= 15 is 0 Å². The summed E-state index contributed by atoms with van der Waals surface area (Å²) in [4.78, 5) is 27.4. The molecule has 4 rings (SSSR count). The Balaban J connectivity index is 1.58. The van der Waals surface area contributed by atoms with E-state index in [0.717, 1.165) is 16.3 Å². The normalized spacial score (nSPS) is 15.8. The van der Waals surface area contributed by atoms with Crippen molar-refractivity contribution < 1.29 is 9.59 Å². The fourth-order valence-corrected chi connectivity index (χ4v) is 3.95. The zero-order valence-electron chi connectivity index (χ0n) is 16.1. The molecule has 29 heavy (non-hydrogen) atoms. The number of fused-ring (bicyclic) bond motifs is 1. The average Bonchev–Trinajstić information content (AvgIpc) is 3.19. The van der Waals surface area contributed by atoms with Gasteiger partial charge in [0, 0.05) is 11.6 Å². The van der Waals surface area contributed by atoms with Crippen LogP contribution in [0.3, 0.4) is 0 Å². The second kappa shape index (κ2) is 8.00. The second-order valence-corrected chi connectivity index (χ2v) is 8.09. The van der Waals surface area contributed by atoms with Gasteiger partial charge in [-0.15, -0.1) is 10.2 Å². The van der Waals surface area contributed by atoms with Crippen LogP contribution >= 0.6 is 11.3 Å². The van der Waals surface area contributed by atoms with Gasteiger partial charge in [0.15, 0.2) is 0 Å². The van der Waals surface area contributed by atoms with Gasteiger partial charge in [-0.1, -0.05) is 67.6 Å². The molecule has 148 valence electrons. The number of para-hydroxylation sites is 1. The van der Waals surface area contributed by atoms with Crippen LogP contribution in [0.15, 0.2) is 54.6 Å². The summed E-state index contributed by atoms with van der Waals surface area (Å²) in [7, 11) is 0. The number of rotatable bonds is 5. The van der Waals surface area contributed by atoms with Crippen LogP contribution in [0.2, 0.25) is 0 Å². The van der Waals surface area contributed by atoms with Crippen LogP contribution in [0.5, 0.6) is 0 Å². The van der Waals surface area contributed by atoms with Gasteiger partial charge < -0.3 is 10.2 Å². The third kappa shape index (κ3) is 3.97. The van der Waals surface area contributed by atoms with Crippen molar-refractivity contribution in [2.75, 3.05) is 17.2 Å². The molecule has 8 heteroatoms. The first-order chi connectivity index (χ1) is 14.0. The van der Waals surface area contributed by atoms with E-state index in [0.29, 0.717) is 10.7 Å². The molecule has 2 aromatic carbocycles. The number of hydrogen-bond acceptors (Lipinski definition) is 6. The van der Waals surface area contributed by atoms with Crippen molar-refractivity contribution in [3.63, 3.8) is 0 Å². The van der Waals surface area contributed by atoms with Crippen LogP contribution in [0.1, 0.15) is 46.9 Å². The van der Waals surface area contributed by atoms with Crippen LogP contribution in [0.4, 0.5) is 10.8 Å². The Morgan fingerprint density at radius 1 is 1.14 bits per heavy atom. The molecule has 7 nitrogen and oxygen atoms in total. The summed E-state index contributed by atoms with van der Waals surface area (Å²) in [6.07, 6.45) is -0.440. The highest BCUT2D eigenvalue weighted by atomic mass is 32.1. The van der Waals surface area contributed by atoms with Crippen molar-refractivity contribution in [3.8, 4) is 0 Å². The van der Waals surface area contributed by atoms with Crippen LogP contribution in [-0.2, 0) is 4.79 Å². The number of carbonyl (C=O) groups is 2. The molecule has 1 aliphatic heterocycles. The maximum atomic E-state index is 13.2. The zero-order chi connectivity index (χ0) is 20.4. The standard InChI is InChI=1S/C21H21N5O2S/c1-13(2)19-24-25-21(29-19)23-17(27)12-26-18(14-8-4-3-5-9-14)22-16-11-7-6-10-15(16)20(26)28/h3-11,13,18,22H,12H2,1-2H3,(H,23,25,27). The molecule has 0 aliphatic carbocycles. The Labute approximate surface area is 172 Å². The molecule has 1 aromatic heterocycles. The summed E-state index contributed by atoms with van der Waals surface area (Å²) in [5.41, 5.74) is 2.21. The third-order valence-electron chi connectivity index (χ3n) is 4.63. The number of nitrogens with zero attached hydrogens (tertiary/aromatic N) is 3. The Hall–Kier alpha value is -3.26. The Morgan fingerprint density at radius 2 is 1.86 bits per heavy atom. The second-order valence-electron chi connectivity index (χ2n) is 7.08. The predicted octanol–water partition coefficient (Wildman–Crippen LogP) is 3.87. The molecule has 0 bridgehead atoms. The minimum absolute atomic E-state index is 0.101. The average molecular weight is 407 g/mol. The van der Waals surface area contributed by atoms with Crippen LogP contribution in [-0.4, -0.2) is 33.5 Å². The Morgan fingerprint density at radius 3 is 2.59 bits per heavy atom. The number of amides is 2. The van der Waals surface area contributed by atoms with E-state index in [4.69, 9.17) is 0 Å². The van der Waals surface area contributed by atoms with Crippen molar-refractivity contribution in [3.05, 3.63) is 70.7 Å². The van der Waals surface area contributed by atoms with Crippen molar-refractivity contribution in [2.45, 2.75) is 25.9 Å². The Kier molecular flexibility index (Phi) is 5.26. The minimum atomic E-state index is -0.440. The van der Waals surface area contributed by atoms with Gasteiger partial charge in [-0.3, -0.25) is 14.9 Å². The molecule has 2 N–H and O–H groups in total. The molecule has 2 heterocycles. The van der Waals surface area contributed by atoms with E-state index in [2.05, 4.69) is 20.8 Å². The molecule has 1 aliphatic rings. The molecule has 2 amide bonds. The number of anilines is 2. The highest BCUT2D eigenvalue weighted by Crippen LogP contribution is 2.33. The molecule has 3 aromatic rings. The third-order valence-corrected chi connectivity index (χ3v) is 5.77. The quantitative estimate of drug-likeness (QED) is 0.670. The smallest absolute Gasteiger partial charge is 0.258 e. The first-order valence-corrected chi connectivity index (χ1v) is 10.2. The van der Waals surface area contributed by atoms with Gasteiger partial charge in [0.25, 0.3) is 5.91 Å². The number of benzene rings is 2. The summed E-state index contributed by atoms with van der Waals surface area (Å²) in [5, 5.41) is 15.5. The fraction of sp³-hybridized carbons (Fsp3) is 0.238. The Bertz CT molecular complexity index is 1030. The number of carbonyl (C=O) groups excluding carboxylic acids is 2. The lowest BCUT2D eigenvalue weighted by Gasteiger charge is -2.37. The fourth-order valence-electron chi connectivity index (χ4n) is 3.19. The van der Waals surface area contributed by atoms with Gasteiger partial charge in [-0.05, 0) is 17.7 Å². The summed E-state index contributed by atoms with van der Waals surface area (Å²) in [6.45, 7) is 3.94. The minimum Gasteiger partial charge on any atom is -0.361 e. The van der Waals surface area contributed by atoms with Crippen molar-refractivity contribution in [2.24, 2.45) is 0 Å². The molecule has 0 saturated carbocycles. The number of nitrogens with one attached hydrogen (secondary N) is 2. The summed E-state index contributed by atoms with van der Waals surface area (Å²) in [6, 6.07) is 16.9. The summed E-state index contributed by atoms with van der Waals surface area (Å²) < 4.78 is 0. The van der Waals surface area contributed by atoms with E-state index in [1.165, 1.54) is 16.2 Å². The van der Waals surface area contributed by atoms with Crippen molar-refractivity contribution in [1.82, 2.24) is 15.1 Å². The molecular formula is C21H21N5O2S. The molecule has 0 saturated heterocycles. The van der Waals surface area contributed by atoms with Crippen molar-refractivity contribution in [1.29, 1.82) is 0 Å². The van der Waals surface area contributed by atoms with E-state index in [1.807, 2.05) is 62.4 Å². The summed E-state index contributed by atoms with van der Waals surface area (Å²) >= 11 is 1.34. The topological polar surface area (TPSA) is 87.2 Å². The van der Waals surface area contributed by atoms with E-state index in [-0.39, 0.29) is 24.3 Å². The van der Waals surface area contributed by atoms with Crippen molar-refractivity contribution >= 4 is 34.0 Å². The largest absolute Gasteiger partial charge is 0.361 e. The monoisotopic (exact) mass is 407 g/mol. The van der Waals surface area contributed by atoms with Crippen LogP contribution < -0.4 is 10.6 Å². The van der Waals surface area contributed by atoms with E-state index < -0.39 is 6.17 Å². The van der Waals surface area contributed by atoms with Gasteiger partial charge in [-0.2, -0.15) is 0 Å². The molecule has 0 fully saturated rings.